The Labute approximate surface area is 184 Å². The summed E-state index contributed by atoms with van der Waals surface area (Å²) in [6, 6.07) is 15.8. The largest absolute Gasteiger partial charge is 0.457 e. The Hall–Kier alpha value is -3.02. The molecule has 0 unspecified atom stereocenters. The molecule has 0 aliphatic carbocycles. The van der Waals surface area contributed by atoms with Gasteiger partial charge in [0.15, 0.2) is 0 Å². The number of hydrogen-bond acceptors (Lipinski definition) is 3. The number of carbonyl (C=O) groups is 2. The third-order valence-corrected chi connectivity index (χ3v) is 6.25. The van der Waals surface area contributed by atoms with Crippen LogP contribution in [-0.4, -0.2) is 47.9 Å². The highest BCUT2D eigenvalue weighted by atomic mass is 16.5. The summed E-state index contributed by atoms with van der Waals surface area (Å²) in [6.07, 6.45) is 3.62. The number of hydrogen-bond donors (Lipinski definition) is 1. The van der Waals surface area contributed by atoms with Crippen molar-refractivity contribution in [3.8, 4) is 11.5 Å². The second kappa shape index (κ2) is 9.86. The predicted octanol–water partition coefficient (Wildman–Crippen LogP) is 4.33. The summed E-state index contributed by atoms with van der Waals surface area (Å²) in [7, 11) is 0. The van der Waals surface area contributed by atoms with Crippen LogP contribution < -0.4 is 10.1 Å². The molecule has 31 heavy (non-hydrogen) atoms. The first-order valence-corrected chi connectivity index (χ1v) is 11.2. The molecule has 3 amide bonds. The minimum atomic E-state index is -0.0490. The highest BCUT2D eigenvalue weighted by molar-refractivity contribution is 5.79. The van der Waals surface area contributed by atoms with E-state index < -0.39 is 0 Å². The molecule has 0 bridgehead atoms. The molecule has 2 aromatic carbocycles. The monoisotopic (exact) mass is 421 g/mol. The van der Waals surface area contributed by atoms with Crippen molar-refractivity contribution in [2.24, 2.45) is 5.92 Å². The van der Waals surface area contributed by atoms with E-state index in [9.17, 15) is 9.59 Å². The minimum Gasteiger partial charge on any atom is -0.457 e. The quantitative estimate of drug-likeness (QED) is 0.782. The van der Waals surface area contributed by atoms with Gasteiger partial charge in [0.05, 0.1) is 0 Å². The number of para-hydroxylation sites is 2. The van der Waals surface area contributed by atoms with E-state index in [4.69, 9.17) is 4.74 Å². The molecule has 2 aliphatic heterocycles. The average molecular weight is 422 g/mol. The molecule has 2 saturated heterocycles. The van der Waals surface area contributed by atoms with Crippen molar-refractivity contribution in [1.82, 2.24) is 15.1 Å². The number of rotatable bonds is 5. The van der Waals surface area contributed by atoms with Crippen LogP contribution in [0, 0.1) is 12.8 Å². The van der Waals surface area contributed by atoms with Gasteiger partial charge in [-0.3, -0.25) is 4.79 Å². The lowest BCUT2D eigenvalue weighted by Crippen LogP contribution is -2.47. The van der Waals surface area contributed by atoms with E-state index in [0.717, 1.165) is 48.6 Å². The standard InChI is InChI=1S/C25H31N3O3/c1-19-8-2-4-10-22(19)31-23-11-5-3-9-21(23)18-26-24(29)20-12-16-28(17-13-20)25(30)27-14-6-7-15-27/h2-5,8-11,20H,6-7,12-18H2,1H3,(H,26,29). The summed E-state index contributed by atoms with van der Waals surface area (Å²) in [5.41, 5.74) is 2.01. The summed E-state index contributed by atoms with van der Waals surface area (Å²) >= 11 is 0. The fourth-order valence-corrected chi connectivity index (χ4v) is 4.31. The molecule has 0 spiro atoms. The Kier molecular flexibility index (Phi) is 6.75. The number of piperidine rings is 1. The molecule has 0 radical (unpaired) electrons. The maximum absolute atomic E-state index is 12.8. The van der Waals surface area contributed by atoms with Gasteiger partial charge in [-0.15, -0.1) is 0 Å². The SMILES string of the molecule is Cc1ccccc1Oc1ccccc1CNC(=O)C1CCN(C(=O)N2CCCC2)CC1. The number of carbonyl (C=O) groups excluding carboxylic acids is 2. The number of urea groups is 1. The number of ether oxygens (including phenoxy) is 1. The zero-order valence-electron chi connectivity index (χ0n) is 18.2. The Balaban J connectivity index is 1.29. The smallest absolute Gasteiger partial charge is 0.319 e. The van der Waals surface area contributed by atoms with Gasteiger partial charge in [0.1, 0.15) is 11.5 Å². The van der Waals surface area contributed by atoms with Gasteiger partial charge >= 0.3 is 6.03 Å². The molecule has 0 saturated carbocycles. The van der Waals surface area contributed by atoms with Crippen LogP contribution in [0.3, 0.4) is 0 Å². The zero-order valence-corrected chi connectivity index (χ0v) is 18.2. The molecule has 2 aliphatic rings. The normalized spacial score (nSPS) is 16.9. The van der Waals surface area contributed by atoms with Gasteiger partial charge in [-0.1, -0.05) is 36.4 Å². The molecule has 2 fully saturated rings. The van der Waals surface area contributed by atoms with Crippen molar-refractivity contribution in [3.05, 3.63) is 59.7 Å². The molecule has 2 heterocycles. The third-order valence-electron chi connectivity index (χ3n) is 6.25. The second-order valence-corrected chi connectivity index (χ2v) is 8.43. The number of likely N-dealkylation sites (tertiary alicyclic amines) is 2. The fraction of sp³-hybridized carbons (Fsp3) is 0.440. The number of benzene rings is 2. The summed E-state index contributed by atoms with van der Waals surface area (Å²) in [5, 5.41) is 3.08. The fourth-order valence-electron chi connectivity index (χ4n) is 4.31. The van der Waals surface area contributed by atoms with Crippen LogP contribution in [0.4, 0.5) is 4.79 Å². The number of aryl methyl sites for hydroxylation is 1. The van der Waals surface area contributed by atoms with Crippen LogP contribution in [0.1, 0.15) is 36.8 Å². The van der Waals surface area contributed by atoms with E-state index in [2.05, 4.69) is 5.32 Å². The van der Waals surface area contributed by atoms with Gasteiger partial charge in [0, 0.05) is 44.2 Å². The van der Waals surface area contributed by atoms with E-state index in [1.54, 1.807) is 0 Å². The minimum absolute atomic E-state index is 0.0490. The topological polar surface area (TPSA) is 61.9 Å². The van der Waals surface area contributed by atoms with Gasteiger partial charge in [-0.05, 0) is 50.3 Å². The van der Waals surface area contributed by atoms with E-state index >= 15 is 0 Å². The van der Waals surface area contributed by atoms with Crippen molar-refractivity contribution in [1.29, 1.82) is 0 Å². The van der Waals surface area contributed by atoms with Gasteiger partial charge < -0.3 is 19.9 Å². The van der Waals surface area contributed by atoms with Gasteiger partial charge in [-0.2, -0.15) is 0 Å². The van der Waals surface area contributed by atoms with Crippen LogP contribution >= 0.6 is 0 Å². The average Bonchev–Trinajstić information content (AvgIpc) is 3.34. The predicted molar refractivity (Wildman–Crippen MR) is 120 cm³/mol. The first-order chi connectivity index (χ1) is 15.1. The molecule has 0 aromatic heterocycles. The van der Waals surface area contributed by atoms with Crippen molar-refractivity contribution < 1.29 is 14.3 Å². The van der Waals surface area contributed by atoms with Gasteiger partial charge in [0.25, 0.3) is 0 Å². The summed E-state index contributed by atoms with van der Waals surface area (Å²) < 4.78 is 6.11. The molecule has 2 aromatic rings. The van der Waals surface area contributed by atoms with Crippen LogP contribution in [0.2, 0.25) is 0 Å². The van der Waals surface area contributed by atoms with Crippen LogP contribution in [0.25, 0.3) is 0 Å². The van der Waals surface area contributed by atoms with Crippen LogP contribution in [0.15, 0.2) is 48.5 Å². The maximum Gasteiger partial charge on any atom is 0.319 e. The Morgan fingerprint density at radius 1 is 0.903 bits per heavy atom. The lowest BCUT2D eigenvalue weighted by molar-refractivity contribution is -0.126. The third kappa shape index (κ3) is 5.19. The van der Waals surface area contributed by atoms with Crippen molar-refractivity contribution in [2.75, 3.05) is 26.2 Å². The lowest BCUT2D eigenvalue weighted by atomic mass is 9.96. The molecular weight excluding hydrogens is 390 g/mol. The lowest BCUT2D eigenvalue weighted by Gasteiger charge is -2.34. The Bertz CT molecular complexity index is 916. The van der Waals surface area contributed by atoms with Crippen molar-refractivity contribution in [3.63, 3.8) is 0 Å². The summed E-state index contributed by atoms with van der Waals surface area (Å²) in [6.45, 7) is 5.47. The van der Waals surface area contributed by atoms with Crippen LogP contribution in [0.5, 0.6) is 11.5 Å². The van der Waals surface area contributed by atoms with Gasteiger partial charge in [-0.25, -0.2) is 4.79 Å². The zero-order chi connectivity index (χ0) is 21.6. The maximum atomic E-state index is 12.8. The number of nitrogens with zero attached hydrogens (tertiary/aromatic N) is 2. The van der Waals surface area contributed by atoms with E-state index in [1.165, 1.54) is 0 Å². The summed E-state index contributed by atoms with van der Waals surface area (Å²) in [5.74, 6) is 1.57. The first kappa shape index (κ1) is 21.2. The molecule has 1 N–H and O–H groups in total. The molecule has 6 nitrogen and oxygen atoms in total. The van der Waals surface area contributed by atoms with E-state index in [-0.39, 0.29) is 17.9 Å². The molecule has 164 valence electrons. The molecule has 0 atom stereocenters. The highest BCUT2D eigenvalue weighted by Crippen LogP contribution is 2.28. The molecular formula is C25H31N3O3. The van der Waals surface area contributed by atoms with E-state index in [0.29, 0.717) is 32.5 Å². The summed E-state index contributed by atoms with van der Waals surface area (Å²) in [4.78, 5) is 29.1. The number of nitrogens with one attached hydrogen (secondary N) is 1. The second-order valence-electron chi connectivity index (χ2n) is 8.43. The number of amides is 3. The van der Waals surface area contributed by atoms with Crippen molar-refractivity contribution >= 4 is 11.9 Å². The molecule has 6 heteroatoms. The first-order valence-electron chi connectivity index (χ1n) is 11.2. The van der Waals surface area contributed by atoms with Crippen molar-refractivity contribution in [2.45, 2.75) is 39.2 Å². The van der Waals surface area contributed by atoms with E-state index in [1.807, 2.05) is 65.3 Å². The Morgan fingerprint density at radius 2 is 1.52 bits per heavy atom. The highest BCUT2D eigenvalue weighted by Gasteiger charge is 2.30. The van der Waals surface area contributed by atoms with Gasteiger partial charge in [0.2, 0.25) is 5.91 Å². The Morgan fingerprint density at radius 3 is 2.23 bits per heavy atom. The van der Waals surface area contributed by atoms with Crippen LogP contribution in [-0.2, 0) is 11.3 Å². The molecule has 4 rings (SSSR count).